The smallest absolute Gasteiger partial charge is 0.326 e. The Hall–Kier alpha value is -1.10. The second kappa shape index (κ2) is 3.70. The first kappa shape index (κ1) is 13.3. The average molecular weight is 255 g/mol. The minimum absolute atomic E-state index is 0.110. The van der Waals surface area contributed by atoms with E-state index < -0.39 is 18.1 Å². The molecule has 0 radical (unpaired) electrons. The number of rotatable bonds is 2. The van der Waals surface area contributed by atoms with Crippen molar-refractivity contribution < 1.29 is 19.8 Å². The SMILES string of the molecule is CC1(C)C(C(=O)N2C[C@H](O)C[C@@H]2C(=O)O)C1(C)C. The summed E-state index contributed by atoms with van der Waals surface area (Å²) in [6, 6.07) is -0.875. The number of carbonyl (C=O) groups is 2. The van der Waals surface area contributed by atoms with E-state index in [0.29, 0.717) is 0 Å². The molecule has 1 amide bonds. The van der Waals surface area contributed by atoms with E-state index in [1.54, 1.807) is 0 Å². The van der Waals surface area contributed by atoms with Crippen LogP contribution < -0.4 is 0 Å². The summed E-state index contributed by atoms with van der Waals surface area (Å²) in [4.78, 5) is 24.9. The highest BCUT2D eigenvalue weighted by molar-refractivity contribution is 5.89. The van der Waals surface area contributed by atoms with Gasteiger partial charge in [-0.05, 0) is 10.8 Å². The Morgan fingerprint density at radius 3 is 2.06 bits per heavy atom. The maximum Gasteiger partial charge on any atom is 0.326 e. The van der Waals surface area contributed by atoms with Gasteiger partial charge in [0, 0.05) is 18.9 Å². The Labute approximate surface area is 107 Å². The molecule has 2 fully saturated rings. The number of amides is 1. The molecule has 1 saturated carbocycles. The molecule has 0 bridgehead atoms. The summed E-state index contributed by atoms with van der Waals surface area (Å²) in [6.07, 6.45) is -0.589. The van der Waals surface area contributed by atoms with E-state index in [0.717, 1.165) is 0 Å². The van der Waals surface area contributed by atoms with Gasteiger partial charge in [0.05, 0.1) is 6.10 Å². The van der Waals surface area contributed by atoms with Crippen LogP contribution in [0.1, 0.15) is 34.1 Å². The molecule has 5 heteroatoms. The zero-order valence-corrected chi connectivity index (χ0v) is 11.3. The first-order valence-corrected chi connectivity index (χ1v) is 6.32. The summed E-state index contributed by atoms with van der Waals surface area (Å²) in [5.74, 6) is -1.32. The molecule has 18 heavy (non-hydrogen) atoms. The molecular formula is C13H21NO4. The lowest BCUT2D eigenvalue weighted by Gasteiger charge is -2.22. The van der Waals surface area contributed by atoms with Gasteiger partial charge in [0.25, 0.3) is 0 Å². The van der Waals surface area contributed by atoms with Crippen LogP contribution in [0.15, 0.2) is 0 Å². The lowest BCUT2D eigenvalue weighted by molar-refractivity contribution is -0.149. The monoisotopic (exact) mass is 255 g/mol. The molecule has 1 saturated heterocycles. The third-order valence-electron chi connectivity index (χ3n) is 5.11. The fraction of sp³-hybridized carbons (Fsp3) is 0.846. The molecule has 2 rings (SSSR count). The highest BCUT2D eigenvalue weighted by Crippen LogP contribution is 2.69. The minimum atomic E-state index is -1.03. The van der Waals surface area contributed by atoms with Crippen molar-refractivity contribution in [1.29, 1.82) is 0 Å². The molecular weight excluding hydrogens is 234 g/mol. The predicted molar refractivity (Wildman–Crippen MR) is 64.8 cm³/mol. The van der Waals surface area contributed by atoms with Gasteiger partial charge in [-0.15, -0.1) is 0 Å². The molecule has 2 aliphatic rings. The minimum Gasteiger partial charge on any atom is -0.480 e. The third kappa shape index (κ3) is 1.64. The van der Waals surface area contributed by atoms with Crippen molar-refractivity contribution >= 4 is 11.9 Å². The molecule has 0 aromatic carbocycles. The van der Waals surface area contributed by atoms with Gasteiger partial charge in [-0.3, -0.25) is 4.79 Å². The molecule has 0 aromatic rings. The summed E-state index contributed by atoms with van der Waals surface area (Å²) < 4.78 is 0. The molecule has 1 heterocycles. The van der Waals surface area contributed by atoms with E-state index in [1.807, 2.05) is 27.7 Å². The third-order valence-corrected chi connectivity index (χ3v) is 5.11. The highest BCUT2D eigenvalue weighted by Gasteiger charge is 2.69. The van der Waals surface area contributed by atoms with E-state index in [4.69, 9.17) is 5.11 Å². The predicted octanol–water partition coefficient (Wildman–Crippen LogP) is 0.715. The van der Waals surface area contributed by atoms with E-state index in [-0.39, 0.29) is 35.6 Å². The number of likely N-dealkylation sites (tertiary alicyclic amines) is 1. The van der Waals surface area contributed by atoms with Gasteiger partial charge < -0.3 is 15.1 Å². The summed E-state index contributed by atoms with van der Waals surface area (Å²) in [7, 11) is 0. The molecule has 102 valence electrons. The van der Waals surface area contributed by atoms with Gasteiger partial charge >= 0.3 is 5.97 Å². The van der Waals surface area contributed by atoms with E-state index in [2.05, 4.69) is 0 Å². The van der Waals surface area contributed by atoms with E-state index in [1.165, 1.54) is 4.90 Å². The Bertz CT molecular complexity index is 388. The number of β-amino-alcohol motifs (C(OH)–C–C–N with tert-alkyl or cyclic N) is 1. The quantitative estimate of drug-likeness (QED) is 0.762. The molecule has 1 aliphatic heterocycles. The van der Waals surface area contributed by atoms with Crippen molar-refractivity contribution in [1.82, 2.24) is 4.90 Å². The van der Waals surface area contributed by atoms with Crippen LogP contribution in [-0.2, 0) is 9.59 Å². The van der Waals surface area contributed by atoms with Crippen molar-refractivity contribution in [2.75, 3.05) is 6.54 Å². The Kier molecular flexibility index (Phi) is 2.74. The Morgan fingerprint density at radius 2 is 1.67 bits per heavy atom. The fourth-order valence-electron chi connectivity index (χ4n) is 3.27. The topological polar surface area (TPSA) is 77.8 Å². The van der Waals surface area contributed by atoms with Gasteiger partial charge in [-0.2, -0.15) is 0 Å². The number of aliphatic carboxylic acids is 1. The molecule has 0 spiro atoms. The first-order chi connectivity index (χ1) is 8.10. The number of carbonyl (C=O) groups excluding carboxylic acids is 1. The Morgan fingerprint density at radius 1 is 1.17 bits per heavy atom. The van der Waals surface area contributed by atoms with Crippen LogP contribution in [0, 0.1) is 16.7 Å². The number of hydrogen-bond donors (Lipinski definition) is 2. The lowest BCUT2D eigenvalue weighted by Crippen LogP contribution is -2.42. The van der Waals surface area contributed by atoms with E-state index >= 15 is 0 Å². The maximum absolute atomic E-state index is 12.5. The van der Waals surface area contributed by atoms with Gasteiger partial charge in [0.1, 0.15) is 6.04 Å². The molecule has 1 aliphatic carbocycles. The Balaban J connectivity index is 2.18. The van der Waals surface area contributed by atoms with Crippen molar-refractivity contribution in [2.24, 2.45) is 16.7 Å². The number of hydrogen-bond acceptors (Lipinski definition) is 3. The average Bonchev–Trinajstić information content (AvgIpc) is 2.57. The second-order valence-corrected chi connectivity index (χ2v) is 6.61. The number of aliphatic hydroxyl groups is 1. The van der Waals surface area contributed by atoms with Crippen LogP contribution in [0.3, 0.4) is 0 Å². The zero-order valence-electron chi connectivity index (χ0n) is 11.3. The molecule has 0 aromatic heterocycles. The van der Waals surface area contributed by atoms with Crippen LogP contribution in [-0.4, -0.2) is 45.7 Å². The molecule has 2 atom stereocenters. The van der Waals surface area contributed by atoms with Crippen LogP contribution in [0.25, 0.3) is 0 Å². The van der Waals surface area contributed by atoms with Crippen molar-refractivity contribution in [3.05, 3.63) is 0 Å². The summed E-state index contributed by atoms with van der Waals surface area (Å²) in [6.45, 7) is 8.24. The number of aliphatic hydroxyl groups excluding tert-OH is 1. The van der Waals surface area contributed by atoms with Crippen molar-refractivity contribution in [3.63, 3.8) is 0 Å². The normalized spacial score (nSPS) is 33.5. The fourth-order valence-corrected chi connectivity index (χ4v) is 3.27. The van der Waals surface area contributed by atoms with Crippen LogP contribution in [0.5, 0.6) is 0 Å². The van der Waals surface area contributed by atoms with E-state index in [9.17, 15) is 14.7 Å². The number of carboxylic acid groups (broad SMARTS) is 1. The number of carboxylic acids is 1. The molecule has 0 unspecified atom stereocenters. The lowest BCUT2D eigenvalue weighted by atomic mass is 10.0. The summed E-state index contributed by atoms with van der Waals surface area (Å²) in [5, 5.41) is 18.7. The van der Waals surface area contributed by atoms with Crippen LogP contribution in [0.4, 0.5) is 0 Å². The van der Waals surface area contributed by atoms with Crippen LogP contribution in [0.2, 0.25) is 0 Å². The molecule has 2 N–H and O–H groups in total. The zero-order chi connectivity index (χ0) is 13.9. The first-order valence-electron chi connectivity index (χ1n) is 6.32. The van der Waals surface area contributed by atoms with Crippen LogP contribution >= 0.6 is 0 Å². The van der Waals surface area contributed by atoms with Gasteiger partial charge in [-0.1, -0.05) is 27.7 Å². The van der Waals surface area contributed by atoms with Crippen molar-refractivity contribution in [2.45, 2.75) is 46.3 Å². The van der Waals surface area contributed by atoms with Crippen molar-refractivity contribution in [3.8, 4) is 0 Å². The largest absolute Gasteiger partial charge is 0.480 e. The summed E-state index contributed by atoms with van der Waals surface area (Å²) in [5.41, 5.74) is -0.221. The second-order valence-electron chi connectivity index (χ2n) is 6.61. The van der Waals surface area contributed by atoms with Gasteiger partial charge in [-0.25, -0.2) is 4.79 Å². The highest BCUT2D eigenvalue weighted by atomic mass is 16.4. The number of nitrogens with zero attached hydrogens (tertiary/aromatic N) is 1. The summed E-state index contributed by atoms with van der Waals surface area (Å²) >= 11 is 0. The van der Waals surface area contributed by atoms with Gasteiger partial charge in [0.15, 0.2) is 0 Å². The standard InChI is InChI=1S/C13H21NO4/c1-12(2)9(13(12,3)4)10(16)14-6-7(15)5-8(14)11(17)18/h7-9,15H,5-6H2,1-4H3,(H,17,18)/t7-,8-/m1/s1. The molecule has 5 nitrogen and oxygen atoms in total. The van der Waals surface area contributed by atoms with Gasteiger partial charge in [0.2, 0.25) is 5.91 Å². The maximum atomic E-state index is 12.5.